The van der Waals surface area contributed by atoms with Crippen LogP contribution in [0.5, 0.6) is 0 Å². The molecule has 0 bridgehead atoms. The highest BCUT2D eigenvalue weighted by Crippen LogP contribution is 2.34. The number of halogens is 2. The Morgan fingerprint density at radius 3 is 2.76 bits per heavy atom. The van der Waals surface area contributed by atoms with Gasteiger partial charge in [0.25, 0.3) is 0 Å². The Kier molecular flexibility index (Phi) is 5.34. The van der Waals surface area contributed by atoms with Gasteiger partial charge < -0.3 is 14.4 Å². The SMILES string of the molecule is CCOC1CN(c2cc(Cl)c(S(N)(=O)=O)cc2Cl)CCO1. The molecule has 1 saturated heterocycles. The number of nitrogens with two attached hydrogens (primary N) is 1. The molecule has 1 unspecified atom stereocenters. The van der Waals surface area contributed by atoms with Crippen LogP contribution in [0.2, 0.25) is 10.0 Å². The molecular formula is C12H16Cl2N2O4S. The second-order valence-corrected chi connectivity index (χ2v) is 6.83. The highest BCUT2D eigenvalue weighted by Gasteiger charge is 2.24. The van der Waals surface area contributed by atoms with Gasteiger partial charge >= 0.3 is 0 Å². The molecule has 0 aromatic heterocycles. The summed E-state index contributed by atoms with van der Waals surface area (Å²) in [7, 11) is -3.91. The normalized spacial score (nSPS) is 19.8. The van der Waals surface area contributed by atoms with Gasteiger partial charge in [-0.15, -0.1) is 0 Å². The summed E-state index contributed by atoms with van der Waals surface area (Å²) in [6.45, 7) is 3.99. The van der Waals surface area contributed by atoms with Gasteiger partial charge in [-0.3, -0.25) is 0 Å². The molecule has 1 aliphatic rings. The number of benzene rings is 1. The Balaban J connectivity index is 2.30. The molecule has 2 N–H and O–H groups in total. The van der Waals surface area contributed by atoms with E-state index in [0.29, 0.717) is 32.0 Å². The van der Waals surface area contributed by atoms with E-state index in [1.165, 1.54) is 12.1 Å². The fraction of sp³-hybridized carbons (Fsp3) is 0.500. The van der Waals surface area contributed by atoms with Crippen molar-refractivity contribution < 1.29 is 17.9 Å². The summed E-state index contributed by atoms with van der Waals surface area (Å²) in [6.07, 6.45) is -0.350. The number of primary sulfonamides is 1. The first-order valence-electron chi connectivity index (χ1n) is 6.33. The number of hydrogen-bond donors (Lipinski definition) is 1. The minimum Gasteiger partial charge on any atom is -0.363 e. The molecular weight excluding hydrogens is 339 g/mol. The van der Waals surface area contributed by atoms with Gasteiger partial charge in [0.05, 0.1) is 28.9 Å². The van der Waals surface area contributed by atoms with Crippen LogP contribution in [0.3, 0.4) is 0 Å². The van der Waals surface area contributed by atoms with E-state index in [4.69, 9.17) is 37.8 Å². The smallest absolute Gasteiger partial charge is 0.239 e. The van der Waals surface area contributed by atoms with Crippen molar-refractivity contribution in [3.63, 3.8) is 0 Å². The molecule has 1 aromatic carbocycles. The Morgan fingerprint density at radius 1 is 1.43 bits per heavy atom. The first-order valence-corrected chi connectivity index (χ1v) is 8.63. The Labute approximate surface area is 133 Å². The molecule has 0 radical (unpaired) electrons. The first-order chi connectivity index (χ1) is 9.82. The van der Waals surface area contributed by atoms with Crippen molar-refractivity contribution in [2.24, 2.45) is 5.14 Å². The van der Waals surface area contributed by atoms with Gasteiger partial charge in [0.15, 0.2) is 6.29 Å². The maximum Gasteiger partial charge on any atom is 0.239 e. The van der Waals surface area contributed by atoms with Crippen molar-refractivity contribution in [2.45, 2.75) is 18.1 Å². The molecule has 0 aliphatic carbocycles. The lowest BCUT2D eigenvalue weighted by molar-refractivity contribution is -0.143. The van der Waals surface area contributed by atoms with Gasteiger partial charge in [-0.2, -0.15) is 0 Å². The molecule has 0 amide bonds. The van der Waals surface area contributed by atoms with E-state index in [9.17, 15) is 8.42 Å². The van der Waals surface area contributed by atoms with Crippen molar-refractivity contribution in [1.82, 2.24) is 0 Å². The zero-order valence-corrected chi connectivity index (χ0v) is 13.7. The van der Waals surface area contributed by atoms with E-state index < -0.39 is 10.0 Å². The summed E-state index contributed by atoms with van der Waals surface area (Å²) in [5, 5.41) is 5.39. The van der Waals surface area contributed by atoms with Crippen LogP contribution in [-0.2, 0) is 19.5 Å². The van der Waals surface area contributed by atoms with Gasteiger partial charge in [0.1, 0.15) is 4.90 Å². The van der Waals surface area contributed by atoms with Crippen molar-refractivity contribution in [2.75, 3.05) is 31.2 Å². The minimum atomic E-state index is -3.91. The monoisotopic (exact) mass is 354 g/mol. The lowest BCUT2D eigenvalue weighted by atomic mass is 10.2. The number of sulfonamides is 1. The summed E-state index contributed by atoms with van der Waals surface area (Å²) in [6, 6.07) is 2.76. The highest BCUT2D eigenvalue weighted by atomic mass is 35.5. The topological polar surface area (TPSA) is 81.9 Å². The fourth-order valence-corrected chi connectivity index (χ4v) is 3.54. The van der Waals surface area contributed by atoms with Gasteiger partial charge in [-0.1, -0.05) is 23.2 Å². The molecule has 1 atom stereocenters. The average molecular weight is 355 g/mol. The predicted octanol–water partition coefficient (Wildman–Crippen LogP) is 1.84. The number of rotatable bonds is 4. The van der Waals surface area contributed by atoms with E-state index in [0.717, 1.165) is 0 Å². The lowest BCUT2D eigenvalue weighted by Gasteiger charge is -2.34. The number of ether oxygens (including phenoxy) is 2. The summed E-state index contributed by atoms with van der Waals surface area (Å²) < 4.78 is 33.7. The summed E-state index contributed by atoms with van der Waals surface area (Å²) in [5.41, 5.74) is 0.627. The van der Waals surface area contributed by atoms with Crippen molar-refractivity contribution in [3.05, 3.63) is 22.2 Å². The Hall–Kier alpha value is -0.570. The molecule has 9 heteroatoms. The molecule has 118 valence electrons. The maximum absolute atomic E-state index is 11.4. The van der Waals surface area contributed by atoms with Crippen LogP contribution in [0.4, 0.5) is 5.69 Å². The van der Waals surface area contributed by atoms with Crippen molar-refractivity contribution in [3.8, 4) is 0 Å². The van der Waals surface area contributed by atoms with Crippen LogP contribution in [0.25, 0.3) is 0 Å². The second kappa shape index (κ2) is 6.68. The summed E-state index contributed by atoms with van der Waals surface area (Å²) in [4.78, 5) is 1.75. The third kappa shape index (κ3) is 4.00. The number of nitrogens with zero attached hydrogens (tertiary/aromatic N) is 1. The molecule has 1 heterocycles. The van der Waals surface area contributed by atoms with E-state index >= 15 is 0 Å². The van der Waals surface area contributed by atoms with Crippen LogP contribution < -0.4 is 10.0 Å². The van der Waals surface area contributed by atoms with Crippen molar-refractivity contribution in [1.29, 1.82) is 0 Å². The van der Waals surface area contributed by atoms with Gasteiger partial charge in [-0.25, -0.2) is 13.6 Å². The van der Waals surface area contributed by atoms with E-state index in [2.05, 4.69) is 0 Å². The zero-order chi connectivity index (χ0) is 15.6. The van der Waals surface area contributed by atoms with Crippen LogP contribution >= 0.6 is 23.2 Å². The zero-order valence-electron chi connectivity index (χ0n) is 11.4. The van der Waals surface area contributed by atoms with Crippen LogP contribution in [0.15, 0.2) is 17.0 Å². The fourth-order valence-electron chi connectivity index (χ4n) is 2.10. The van der Waals surface area contributed by atoms with Gasteiger partial charge in [0.2, 0.25) is 10.0 Å². The third-order valence-corrected chi connectivity index (χ3v) is 4.71. The number of morpholine rings is 1. The standard InChI is InChI=1S/C12H16Cl2N2O4S/c1-2-19-12-7-16(3-4-20-12)10-5-9(14)11(6-8(10)13)21(15,17)18/h5-6,12H,2-4,7H2,1H3,(H2,15,17,18). The lowest BCUT2D eigenvalue weighted by Crippen LogP contribution is -2.43. The van der Waals surface area contributed by atoms with Crippen LogP contribution in [0, 0.1) is 0 Å². The molecule has 0 spiro atoms. The molecule has 1 fully saturated rings. The molecule has 2 rings (SSSR count). The largest absolute Gasteiger partial charge is 0.363 e. The van der Waals surface area contributed by atoms with Gasteiger partial charge in [0, 0.05) is 13.2 Å². The van der Waals surface area contributed by atoms with E-state index in [-0.39, 0.29) is 21.2 Å². The maximum atomic E-state index is 11.4. The van der Waals surface area contributed by atoms with E-state index in [1.54, 1.807) is 0 Å². The molecule has 1 aromatic rings. The Morgan fingerprint density at radius 2 is 2.14 bits per heavy atom. The molecule has 0 saturated carbocycles. The molecule has 21 heavy (non-hydrogen) atoms. The molecule has 1 aliphatic heterocycles. The predicted molar refractivity (Wildman–Crippen MR) is 81.4 cm³/mol. The van der Waals surface area contributed by atoms with Crippen molar-refractivity contribution >= 4 is 38.9 Å². The number of hydrogen-bond acceptors (Lipinski definition) is 5. The first kappa shape index (κ1) is 16.8. The highest BCUT2D eigenvalue weighted by molar-refractivity contribution is 7.89. The minimum absolute atomic E-state index is 0.0383. The molecule has 6 nitrogen and oxygen atoms in total. The number of anilines is 1. The van der Waals surface area contributed by atoms with Crippen LogP contribution in [0.1, 0.15) is 6.92 Å². The third-order valence-electron chi connectivity index (χ3n) is 3.04. The van der Waals surface area contributed by atoms with E-state index in [1.807, 2.05) is 11.8 Å². The van der Waals surface area contributed by atoms with Gasteiger partial charge in [-0.05, 0) is 19.1 Å². The summed E-state index contributed by atoms with van der Waals surface area (Å²) in [5.74, 6) is 0. The average Bonchev–Trinajstić information content (AvgIpc) is 2.40. The van der Waals surface area contributed by atoms with Crippen LogP contribution in [-0.4, -0.2) is 41.0 Å². The quantitative estimate of drug-likeness (QED) is 0.891. The Bertz CT molecular complexity index is 622. The second-order valence-electron chi connectivity index (χ2n) is 4.48. The summed E-state index contributed by atoms with van der Waals surface area (Å²) >= 11 is 12.2.